The van der Waals surface area contributed by atoms with Crippen molar-refractivity contribution in [2.75, 3.05) is 6.79 Å². The second-order valence-corrected chi connectivity index (χ2v) is 9.48. The third-order valence-electron chi connectivity index (χ3n) is 6.37. The average Bonchev–Trinajstić information content (AvgIpc) is 3.52. The summed E-state index contributed by atoms with van der Waals surface area (Å²) in [6, 6.07) is 14.2. The van der Waals surface area contributed by atoms with Crippen molar-refractivity contribution in [2.45, 2.75) is 51.5 Å². The molecule has 2 aromatic carbocycles. The summed E-state index contributed by atoms with van der Waals surface area (Å²) < 4.78 is 10.9. The molecule has 1 aliphatic carbocycles. The molecule has 0 spiro atoms. The molecule has 166 valence electrons. The second-order valence-electron chi connectivity index (χ2n) is 8.62. The maximum absolute atomic E-state index is 12.2. The van der Waals surface area contributed by atoms with Crippen LogP contribution in [0.15, 0.2) is 47.8 Å². The van der Waals surface area contributed by atoms with E-state index >= 15 is 0 Å². The molecule has 0 saturated heterocycles. The van der Waals surface area contributed by atoms with Gasteiger partial charge in [0.25, 0.3) is 0 Å². The maximum atomic E-state index is 12.2. The molecule has 0 unspecified atom stereocenters. The zero-order valence-corrected chi connectivity index (χ0v) is 19.0. The number of aromatic nitrogens is 1. The highest BCUT2D eigenvalue weighted by atomic mass is 32.1. The van der Waals surface area contributed by atoms with Crippen LogP contribution in [0.4, 0.5) is 0 Å². The van der Waals surface area contributed by atoms with E-state index in [1.807, 2.05) is 18.2 Å². The first-order valence-corrected chi connectivity index (χ1v) is 12.3. The third kappa shape index (κ3) is 4.96. The van der Waals surface area contributed by atoms with Crippen LogP contribution in [-0.2, 0) is 11.3 Å². The van der Waals surface area contributed by atoms with Crippen molar-refractivity contribution in [3.8, 4) is 33.3 Å². The van der Waals surface area contributed by atoms with Crippen molar-refractivity contribution in [2.24, 2.45) is 5.92 Å². The van der Waals surface area contributed by atoms with Gasteiger partial charge in [0.2, 0.25) is 12.7 Å². The van der Waals surface area contributed by atoms with Gasteiger partial charge in [0.15, 0.2) is 11.5 Å². The van der Waals surface area contributed by atoms with E-state index in [1.54, 1.807) is 11.3 Å². The molecule has 2 heterocycles. The number of carbonyl (C=O) groups excluding carboxylic acids is 1. The monoisotopic (exact) mass is 448 g/mol. The van der Waals surface area contributed by atoms with Crippen molar-refractivity contribution < 1.29 is 14.3 Å². The Bertz CT molecular complexity index is 1070. The normalized spacial score (nSPS) is 15.6. The Balaban J connectivity index is 1.15. The number of thiazole rings is 1. The number of fused-ring (bicyclic) bond motifs is 1. The number of carbonyl (C=O) groups is 1. The largest absolute Gasteiger partial charge is 0.454 e. The van der Waals surface area contributed by atoms with Gasteiger partial charge in [-0.15, -0.1) is 11.3 Å². The molecule has 1 aliphatic heterocycles. The van der Waals surface area contributed by atoms with Crippen molar-refractivity contribution in [1.29, 1.82) is 0 Å². The number of amides is 1. The highest BCUT2D eigenvalue weighted by Gasteiger charge is 2.16. The van der Waals surface area contributed by atoms with Crippen LogP contribution < -0.4 is 14.8 Å². The van der Waals surface area contributed by atoms with Crippen LogP contribution in [0.5, 0.6) is 11.5 Å². The lowest BCUT2D eigenvalue weighted by atomic mass is 9.86. The summed E-state index contributed by atoms with van der Waals surface area (Å²) in [5, 5.41) is 6.11. The fourth-order valence-corrected chi connectivity index (χ4v) is 5.30. The van der Waals surface area contributed by atoms with E-state index < -0.39 is 0 Å². The van der Waals surface area contributed by atoms with Gasteiger partial charge >= 0.3 is 0 Å². The van der Waals surface area contributed by atoms with Crippen LogP contribution in [0.1, 0.15) is 50.5 Å². The van der Waals surface area contributed by atoms with Crippen molar-refractivity contribution in [3.05, 3.63) is 53.4 Å². The average molecular weight is 449 g/mol. The first-order chi connectivity index (χ1) is 15.7. The highest BCUT2D eigenvalue weighted by molar-refractivity contribution is 7.13. The molecule has 0 atom stereocenters. The number of nitrogens with one attached hydrogen (secondary N) is 1. The van der Waals surface area contributed by atoms with Gasteiger partial charge in [0, 0.05) is 29.5 Å². The molecule has 1 N–H and O–H groups in total. The predicted molar refractivity (Wildman–Crippen MR) is 127 cm³/mol. The molecule has 1 amide bonds. The number of hydrogen-bond donors (Lipinski definition) is 1. The first-order valence-electron chi connectivity index (χ1n) is 11.5. The van der Waals surface area contributed by atoms with Gasteiger partial charge in [-0.05, 0) is 36.1 Å². The summed E-state index contributed by atoms with van der Waals surface area (Å²) in [4.78, 5) is 17.0. The SMILES string of the molecule is O=C(CCC1CCCCC1)NCc1ccc(-c2nc(-c3ccc4c(c3)OCO4)cs2)cc1. The molecule has 0 bridgehead atoms. The van der Waals surface area contributed by atoms with Gasteiger partial charge in [-0.3, -0.25) is 4.79 Å². The Hall–Kier alpha value is -2.86. The summed E-state index contributed by atoms with van der Waals surface area (Å²) in [6.07, 6.45) is 8.28. The smallest absolute Gasteiger partial charge is 0.231 e. The Morgan fingerprint density at radius 3 is 2.62 bits per heavy atom. The Kier molecular flexibility index (Phi) is 6.39. The molecular formula is C26H28N2O3S. The fraction of sp³-hybridized carbons (Fsp3) is 0.385. The van der Waals surface area contributed by atoms with Crippen LogP contribution in [0.2, 0.25) is 0 Å². The Labute approximate surface area is 192 Å². The summed E-state index contributed by atoms with van der Waals surface area (Å²) in [6.45, 7) is 0.846. The number of benzene rings is 2. The van der Waals surface area contributed by atoms with E-state index in [0.717, 1.165) is 51.2 Å². The molecule has 32 heavy (non-hydrogen) atoms. The third-order valence-corrected chi connectivity index (χ3v) is 7.26. The van der Waals surface area contributed by atoms with Crippen LogP contribution >= 0.6 is 11.3 Å². The summed E-state index contributed by atoms with van der Waals surface area (Å²) in [5.41, 5.74) is 4.13. The molecule has 1 fully saturated rings. The van der Waals surface area contributed by atoms with Crippen LogP contribution in [0, 0.1) is 5.92 Å². The lowest BCUT2D eigenvalue weighted by molar-refractivity contribution is -0.121. The number of ether oxygens (including phenoxy) is 2. The molecule has 5 nitrogen and oxygen atoms in total. The molecule has 0 radical (unpaired) electrons. The number of nitrogens with zero attached hydrogens (tertiary/aromatic N) is 1. The molecule has 6 heteroatoms. The molecule has 3 aromatic rings. The predicted octanol–water partition coefficient (Wildman–Crippen LogP) is 6.18. The number of hydrogen-bond acceptors (Lipinski definition) is 5. The second kappa shape index (κ2) is 9.74. The molecular weight excluding hydrogens is 420 g/mol. The summed E-state index contributed by atoms with van der Waals surface area (Å²) in [5.74, 6) is 2.45. The van der Waals surface area contributed by atoms with Gasteiger partial charge in [-0.1, -0.05) is 56.4 Å². The van der Waals surface area contributed by atoms with E-state index in [4.69, 9.17) is 14.5 Å². The minimum absolute atomic E-state index is 0.160. The Morgan fingerprint density at radius 1 is 1.00 bits per heavy atom. The van der Waals surface area contributed by atoms with Gasteiger partial charge in [0.1, 0.15) is 5.01 Å². The lowest BCUT2D eigenvalue weighted by Crippen LogP contribution is -2.23. The molecule has 1 aromatic heterocycles. The highest BCUT2D eigenvalue weighted by Crippen LogP contribution is 2.37. The quantitative estimate of drug-likeness (QED) is 0.469. The molecule has 1 saturated carbocycles. The van der Waals surface area contributed by atoms with Crippen LogP contribution in [-0.4, -0.2) is 17.7 Å². The van der Waals surface area contributed by atoms with E-state index in [0.29, 0.717) is 13.0 Å². The van der Waals surface area contributed by atoms with Gasteiger partial charge in [-0.25, -0.2) is 4.98 Å². The zero-order chi connectivity index (χ0) is 21.8. The fourth-order valence-electron chi connectivity index (χ4n) is 4.46. The minimum atomic E-state index is 0.160. The van der Waals surface area contributed by atoms with E-state index in [-0.39, 0.29) is 12.7 Å². The summed E-state index contributed by atoms with van der Waals surface area (Å²) >= 11 is 1.62. The number of rotatable bonds is 7. The van der Waals surface area contributed by atoms with E-state index in [1.165, 1.54) is 32.1 Å². The zero-order valence-electron chi connectivity index (χ0n) is 18.1. The summed E-state index contributed by atoms with van der Waals surface area (Å²) in [7, 11) is 0. The van der Waals surface area contributed by atoms with Crippen molar-refractivity contribution >= 4 is 17.2 Å². The first kappa shape index (κ1) is 21.0. The van der Waals surface area contributed by atoms with Crippen LogP contribution in [0.3, 0.4) is 0 Å². The van der Waals surface area contributed by atoms with E-state index in [2.05, 4.69) is 35.0 Å². The minimum Gasteiger partial charge on any atom is -0.454 e. The van der Waals surface area contributed by atoms with Crippen molar-refractivity contribution in [1.82, 2.24) is 10.3 Å². The van der Waals surface area contributed by atoms with Gasteiger partial charge in [-0.2, -0.15) is 0 Å². The van der Waals surface area contributed by atoms with Gasteiger partial charge in [0.05, 0.1) is 5.69 Å². The lowest BCUT2D eigenvalue weighted by Gasteiger charge is -2.21. The molecule has 2 aliphatic rings. The topological polar surface area (TPSA) is 60.5 Å². The van der Waals surface area contributed by atoms with Gasteiger partial charge < -0.3 is 14.8 Å². The maximum Gasteiger partial charge on any atom is 0.231 e. The standard InChI is InChI=1S/C26H28N2O3S/c29-25(13-8-18-4-2-1-3-5-18)27-15-19-6-9-20(10-7-19)26-28-22(16-32-26)21-11-12-23-24(14-21)31-17-30-23/h6-7,9-12,14,16,18H,1-5,8,13,15,17H2,(H,27,29). The van der Waals surface area contributed by atoms with Crippen molar-refractivity contribution in [3.63, 3.8) is 0 Å². The Morgan fingerprint density at radius 2 is 1.78 bits per heavy atom. The molecule has 5 rings (SSSR count). The van der Waals surface area contributed by atoms with E-state index in [9.17, 15) is 4.79 Å². The van der Waals surface area contributed by atoms with Crippen LogP contribution in [0.25, 0.3) is 21.8 Å².